The van der Waals surface area contributed by atoms with Crippen LogP contribution in [0.4, 0.5) is 4.79 Å². The van der Waals surface area contributed by atoms with Crippen LogP contribution in [-0.4, -0.2) is 50.0 Å². The van der Waals surface area contributed by atoms with Gasteiger partial charge in [0.15, 0.2) is 0 Å². The topological polar surface area (TPSA) is 92.8 Å². The Balaban J connectivity index is 2.00. The molecule has 0 heterocycles. The Morgan fingerprint density at radius 1 is 0.800 bits per heavy atom. The summed E-state index contributed by atoms with van der Waals surface area (Å²) in [5.41, 5.74) is -1.23. The minimum atomic E-state index is -1.99. The Morgan fingerprint density at radius 2 is 1.32 bits per heavy atom. The number of unbranched alkanes of at least 4 members (excludes halogenated alkanes) is 1. The van der Waals surface area contributed by atoms with E-state index in [1.807, 2.05) is 37.3 Å². The van der Waals surface area contributed by atoms with Crippen molar-refractivity contribution in [2.24, 2.45) is 0 Å². The van der Waals surface area contributed by atoms with Gasteiger partial charge in [0.2, 0.25) is 0 Å². The second-order valence-corrected chi connectivity index (χ2v) is 9.69. The number of hydrogen-bond acceptors (Lipinski definition) is 9. The molecule has 11 heteroatoms. The zero-order chi connectivity index (χ0) is 28.8. The molecule has 0 saturated heterocycles. The first kappa shape index (κ1) is 30.7. The van der Waals surface area contributed by atoms with Crippen molar-refractivity contribution in [1.29, 1.82) is 0 Å². The normalized spacial score (nSPS) is 10.9. The number of hydrogen-bond donors (Lipinski definition) is 0. The molecule has 0 spiro atoms. The second kappa shape index (κ2) is 15.6. The molecule has 1 amide bonds. The van der Waals surface area contributed by atoms with Crippen molar-refractivity contribution >= 4 is 31.2 Å². The average Bonchev–Trinajstić information content (AvgIpc) is 2.99. The van der Waals surface area contributed by atoms with Crippen LogP contribution < -0.4 is 18.9 Å². The van der Waals surface area contributed by atoms with E-state index in [2.05, 4.69) is 0 Å². The molecule has 0 aliphatic rings. The highest BCUT2D eigenvalue weighted by Crippen LogP contribution is 2.36. The standard InChI is InChI=1S/C29H32NO8PS/c1-4-5-19-35-27(31)20-30(28(32)36-21-22-9-7-6-8-10-22)29(39-40,37-25-15-11-23(33-2)12-16-25)38-26-17-13-24(34-3)14-18-26/h6-18H,4-5,19-21H2,1-3H3. The van der Waals surface area contributed by atoms with Gasteiger partial charge in [-0.2, -0.15) is 0 Å². The fourth-order valence-corrected chi connectivity index (χ4v) is 4.45. The number of nitrogens with zero attached hydrogens (tertiary/aromatic N) is 1. The minimum Gasteiger partial charge on any atom is -0.497 e. The van der Waals surface area contributed by atoms with Gasteiger partial charge < -0.3 is 28.4 Å². The summed E-state index contributed by atoms with van der Waals surface area (Å²) in [6, 6.07) is 22.4. The first-order valence-corrected chi connectivity index (χ1v) is 14.5. The highest BCUT2D eigenvalue weighted by Gasteiger charge is 2.47. The number of carbonyl (C=O) groups excluding carboxylic acids is 2. The number of carbonyl (C=O) groups is 2. The summed E-state index contributed by atoms with van der Waals surface area (Å²) in [5, 5.41) is 0. The third-order valence-corrected chi connectivity index (χ3v) is 6.90. The Labute approximate surface area is 240 Å². The van der Waals surface area contributed by atoms with Crippen LogP contribution in [0.15, 0.2) is 78.9 Å². The van der Waals surface area contributed by atoms with Crippen molar-refractivity contribution in [1.82, 2.24) is 4.90 Å². The quantitative estimate of drug-likeness (QED) is 0.0899. The number of esters is 1. The van der Waals surface area contributed by atoms with Crippen LogP contribution in [-0.2, 0) is 32.7 Å². The Kier molecular flexibility index (Phi) is 12.0. The highest BCUT2D eigenvalue weighted by molar-refractivity contribution is 7.97. The largest absolute Gasteiger partial charge is 0.497 e. The fourth-order valence-electron chi connectivity index (χ4n) is 3.39. The van der Waals surface area contributed by atoms with Crippen LogP contribution in [0, 0.1) is 0 Å². The van der Waals surface area contributed by atoms with Crippen molar-refractivity contribution in [3.05, 3.63) is 84.4 Å². The molecule has 212 valence electrons. The van der Waals surface area contributed by atoms with Crippen LogP contribution >= 0.6 is 7.36 Å². The molecule has 0 aromatic heterocycles. The van der Waals surface area contributed by atoms with Gasteiger partial charge in [-0.05, 0) is 72.3 Å². The molecular weight excluding hydrogens is 553 g/mol. The van der Waals surface area contributed by atoms with Crippen molar-refractivity contribution in [2.75, 3.05) is 27.4 Å². The fraction of sp³-hybridized carbons (Fsp3) is 0.310. The molecule has 0 N–H and O–H groups in total. The zero-order valence-corrected chi connectivity index (χ0v) is 24.3. The summed E-state index contributed by atoms with van der Waals surface area (Å²) in [5.74, 6) is 1.16. The van der Waals surface area contributed by atoms with Gasteiger partial charge in [0.05, 0.1) is 28.2 Å². The maximum absolute atomic E-state index is 13.6. The van der Waals surface area contributed by atoms with E-state index in [0.717, 1.165) is 16.9 Å². The molecule has 0 aliphatic heterocycles. The van der Waals surface area contributed by atoms with Crippen molar-refractivity contribution in [2.45, 2.75) is 32.0 Å². The molecule has 0 unspecified atom stereocenters. The lowest BCUT2D eigenvalue weighted by Gasteiger charge is -2.38. The van der Waals surface area contributed by atoms with Gasteiger partial charge in [-0.25, -0.2) is 9.69 Å². The first-order chi connectivity index (χ1) is 19.4. The van der Waals surface area contributed by atoms with Crippen LogP contribution in [0.25, 0.3) is 0 Å². The molecule has 40 heavy (non-hydrogen) atoms. The summed E-state index contributed by atoms with van der Waals surface area (Å²) in [6.45, 7) is 1.61. The van der Waals surface area contributed by atoms with Crippen molar-refractivity contribution in [3.63, 3.8) is 0 Å². The SMILES string of the molecule is CCCCOC(=O)CN(C(=O)OCc1ccccc1)C(Oc1ccc(OC)cc1)(Oc1ccc(OC)cc1)P=S. The molecule has 0 bridgehead atoms. The van der Waals surface area contributed by atoms with E-state index in [1.165, 1.54) is 0 Å². The summed E-state index contributed by atoms with van der Waals surface area (Å²) < 4.78 is 34.0. The monoisotopic (exact) mass is 585 g/mol. The summed E-state index contributed by atoms with van der Waals surface area (Å²) >= 11 is 5.48. The number of methoxy groups -OCH3 is 2. The van der Waals surface area contributed by atoms with E-state index in [4.69, 9.17) is 40.2 Å². The Morgan fingerprint density at radius 3 is 1.80 bits per heavy atom. The van der Waals surface area contributed by atoms with Crippen molar-refractivity contribution < 1.29 is 38.0 Å². The van der Waals surface area contributed by atoms with Gasteiger partial charge in [-0.15, -0.1) is 0 Å². The molecule has 0 aliphatic carbocycles. The van der Waals surface area contributed by atoms with Gasteiger partial charge in [-0.3, -0.25) is 4.79 Å². The third kappa shape index (κ3) is 8.83. The molecule has 0 fully saturated rings. The summed E-state index contributed by atoms with van der Waals surface area (Å²) in [4.78, 5) is 27.5. The van der Waals surface area contributed by atoms with Gasteiger partial charge in [-0.1, -0.05) is 43.7 Å². The molecule has 0 saturated carbocycles. The smallest absolute Gasteiger partial charge is 0.417 e. The van der Waals surface area contributed by atoms with Gasteiger partial charge >= 0.3 is 17.7 Å². The molecule has 0 atom stereocenters. The van der Waals surface area contributed by atoms with Crippen molar-refractivity contribution in [3.8, 4) is 23.0 Å². The van der Waals surface area contributed by atoms with E-state index in [1.54, 1.807) is 62.8 Å². The summed E-state index contributed by atoms with van der Waals surface area (Å²) in [6.07, 6.45) is 0.640. The Hall–Kier alpha value is -3.88. The molecule has 0 radical (unpaired) electrons. The predicted octanol–water partition coefficient (Wildman–Crippen LogP) is 6.16. The third-order valence-electron chi connectivity index (χ3n) is 5.55. The van der Waals surface area contributed by atoms with E-state index in [-0.39, 0.29) is 20.6 Å². The Bertz CT molecular complexity index is 1180. The minimum absolute atomic E-state index is 0.0270. The van der Waals surface area contributed by atoms with Crippen LogP contribution in [0.1, 0.15) is 25.3 Å². The van der Waals surface area contributed by atoms with Crippen LogP contribution in [0.2, 0.25) is 0 Å². The van der Waals surface area contributed by atoms with Crippen LogP contribution in [0.3, 0.4) is 0 Å². The lowest BCUT2D eigenvalue weighted by atomic mass is 10.2. The van der Waals surface area contributed by atoms with E-state index in [9.17, 15) is 9.59 Å². The molecule has 3 rings (SSSR count). The van der Waals surface area contributed by atoms with Gasteiger partial charge in [0, 0.05) is 0 Å². The molecule has 3 aromatic carbocycles. The zero-order valence-electron chi connectivity index (χ0n) is 22.6. The summed E-state index contributed by atoms with van der Waals surface area (Å²) in [7, 11) is 3.12. The molecular formula is C29H32NO8PS. The van der Waals surface area contributed by atoms with E-state index >= 15 is 0 Å². The molecule has 3 aromatic rings. The molecule has 9 nitrogen and oxygen atoms in total. The second-order valence-electron chi connectivity index (χ2n) is 8.40. The lowest BCUT2D eigenvalue weighted by Crippen LogP contribution is -2.57. The van der Waals surface area contributed by atoms with Crippen LogP contribution in [0.5, 0.6) is 23.0 Å². The lowest BCUT2D eigenvalue weighted by molar-refractivity contribution is -0.164. The van der Waals surface area contributed by atoms with Gasteiger partial charge in [0.1, 0.15) is 36.1 Å². The predicted molar refractivity (Wildman–Crippen MR) is 153 cm³/mol. The maximum Gasteiger partial charge on any atom is 0.417 e. The number of rotatable bonds is 15. The van der Waals surface area contributed by atoms with E-state index < -0.39 is 24.3 Å². The van der Waals surface area contributed by atoms with E-state index in [0.29, 0.717) is 29.4 Å². The number of amides is 1. The first-order valence-electron chi connectivity index (χ1n) is 12.6. The average molecular weight is 586 g/mol. The number of ether oxygens (including phenoxy) is 6. The highest BCUT2D eigenvalue weighted by atomic mass is 32.4. The van der Waals surface area contributed by atoms with Gasteiger partial charge in [0.25, 0.3) is 0 Å². The number of benzene rings is 3. The maximum atomic E-state index is 13.6.